The van der Waals surface area contributed by atoms with Crippen molar-refractivity contribution < 1.29 is 14.6 Å². The largest absolute Gasteiger partial charge is 0.497 e. The number of aliphatic carboxylic acids is 1. The Labute approximate surface area is 143 Å². The summed E-state index contributed by atoms with van der Waals surface area (Å²) < 4.78 is 5.18. The Kier molecular flexibility index (Phi) is 6.38. The molecule has 24 heavy (non-hydrogen) atoms. The van der Waals surface area contributed by atoms with E-state index in [1.807, 2.05) is 61.5 Å². The third-order valence-electron chi connectivity index (χ3n) is 4.44. The van der Waals surface area contributed by atoms with Crippen LogP contribution < -0.4 is 10.1 Å². The number of hydrogen-bond acceptors (Lipinski definition) is 3. The van der Waals surface area contributed by atoms with Crippen molar-refractivity contribution in [1.29, 1.82) is 0 Å². The molecule has 0 aliphatic rings. The minimum absolute atomic E-state index is 0.0307. The minimum atomic E-state index is -0.826. The first kappa shape index (κ1) is 18.0. The van der Waals surface area contributed by atoms with Crippen LogP contribution in [0, 0.1) is 0 Å². The van der Waals surface area contributed by atoms with E-state index in [2.05, 4.69) is 12.2 Å². The lowest BCUT2D eigenvalue weighted by molar-refractivity contribution is -0.139. The highest BCUT2D eigenvalue weighted by molar-refractivity contribution is 5.74. The molecule has 0 spiro atoms. The predicted octanol–water partition coefficient (Wildman–Crippen LogP) is 3.47. The quantitative estimate of drug-likeness (QED) is 0.779. The number of ether oxygens (including phenoxy) is 1. The Hall–Kier alpha value is -2.33. The van der Waals surface area contributed by atoms with Gasteiger partial charge in [-0.1, -0.05) is 49.4 Å². The van der Waals surface area contributed by atoms with E-state index in [0.29, 0.717) is 6.42 Å². The van der Waals surface area contributed by atoms with Gasteiger partial charge in [-0.2, -0.15) is 0 Å². The van der Waals surface area contributed by atoms with E-state index in [-0.39, 0.29) is 12.0 Å². The van der Waals surface area contributed by atoms with Crippen LogP contribution in [0.25, 0.3) is 0 Å². The van der Waals surface area contributed by atoms with E-state index < -0.39 is 12.0 Å². The molecular weight excluding hydrogens is 302 g/mol. The Bertz CT molecular complexity index is 640. The molecule has 3 atom stereocenters. The maximum absolute atomic E-state index is 11.6. The van der Waals surface area contributed by atoms with E-state index in [1.54, 1.807) is 7.11 Å². The van der Waals surface area contributed by atoms with Gasteiger partial charge in [0.15, 0.2) is 0 Å². The smallest absolute Gasteiger partial charge is 0.321 e. The number of rotatable bonds is 8. The first-order valence-corrected chi connectivity index (χ1v) is 8.18. The molecule has 4 heteroatoms. The SMILES string of the molecule is COc1ccc(C(C)C(C)N[C@@H](Cc2ccccc2)C(=O)O)cc1. The highest BCUT2D eigenvalue weighted by atomic mass is 16.5. The number of carbonyl (C=O) groups is 1. The van der Waals surface area contributed by atoms with Crippen LogP contribution in [-0.4, -0.2) is 30.3 Å². The van der Waals surface area contributed by atoms with Crippen LogP contribution in [0.4, 0.5) is 0 Å². The lowest BCUT2D eigenvalue weighted by atomic mass is 9.93. The second-order valence-corrected chi connectivity index (χ2v) is 6.10. The average molecular weight is 327 g/mol. The van der Waals surface area contributed by atoms with Gasteiger partial charge in [0.05, 0.1) is 7.11 Å². The lowest BCUT2D eigenvalue weighted by Gasteiger charge is -2.26. The maximum Gasteiger partial charge on any atom is 0.321 e. The highest BCUT2D eigenvalue weighted by Crippen LogP contribution is 2.22. The lowest BCUT2D eigenvalue weighted by Crippen LogP contribution is -2.45. The molecule has 0 fully saturated rings. The summed E-state index contributed by atoms with van der Waals surface area (Å²) in [6, 6.07) is 17.0. The van der Waals surface area contributed by atoms with Crippen LogP contribution in [0.3, 0.4) is 0 Å². The van der Waals surface area contributed by atoms with Gasteiger partial charge in [0, 0.05) is 6.04 Å². The van der Waals surface area contributed by atoms with Crippen LogP contribution >= 0.6 is 0 Å². The Morgan fingerprint density at radius 2 is 1.71 bits per heavy atom. The van der Waals surface area contributed by atoms with E-state index in [0.717, 1.165) is 16.9 Å². The van der Waals surface area contributed by atoms with Crippen LogP contribution in [0.15, 0.2) is 54.6 Å². The number of nitrogens with one attached hydrogen (secondary N) is 1. The van der Waals surface area contributed by atoms with Crippen molar-refractivity contribution in [2.24, 2.45) is 0 Å². The van der Waals surface area contributed by atoms with Crippen molar-refractivity contribution in [3.8, 4) is 5.75 Å². The van der Waals surface area contributed by atoms with Crippen molar-refractivity contribution in [3.05, 3.63) is 65.7 Å². The molecular formula is C20H25NO3. The first-order valence-electron chi connectivity index (χ1n) is 8.18. The topological polar surface area (TPSA) is 58.6 Å². The molecule has 0 saturated carbocycles. The fourth-order valence-corrected chi connectivity index (χ4v) is 2.73. The zero-order chi connectivity index (χ0) is 17.5. The molecule has 0 bridgehead atoms. The molecule has 4 nitrogen and oxygen atoms in total. The minimum Gasteiger partial charge on any atom is -0.497 e. The average Bonchev–Trinajstić information content (AvgIpc) is 2.61. The van der Waals surface area contributed by atoms with Crippen molar-refractivity contribution >= 4 is 5.97 Å². The second-order valence-electron chi connectivity index (χ2n) is 6.10. The van der Waals surface area contributed by atoms with Crippen LogP contribution in [0.5, 0.6) is 5.75 Å². The molecule has 0 saturated heterocycles. The molecule has 0 aromatic heterocycles. The van der Waals surface area contributed by atoms with Crippen molar-refractivity contribution in [1.82, 2.24) is 5.32 Å². The second kappa shape index (κ2) is 8.50. The number of carboxylic acids is 1. The van der Waals surface area contributed by atoms with Gasteiger partial charge in [0.2, 0.25) is 0 Å². The fraction of sp³-hybridized carbons (Fsp3) is 0.350. The molecule has 0 radical (unpaired) electrons. The van der Waals surface area contributed by atoms with Crippen molar-refractivity contribution in [2.75, 3.05) is 7.11 Å². The molecule has 0 heterocycles. The number of methoxy groups -OCH3 is 1. The normalized spacial score (nSPS) is 14.6. The number of hydrogen-bond donors (Lipinski definition) is 2. The van der Waals surface area contributed by atoms with E-state index in [9.17, 15) is 9.90 Å². The fourth-order valence-electron chi connectivity index (χ4n) is 2.73. The molecule has 0 aliphatic carbocycles. The summed E-state index contributed by atoms with van der Waals surface area (Å²) in [5, 5.41) is 12.8. The van der Waals surface area contributed by atoms with Gasteiger partial charge < -0.3 is 15.2 Å². The van der Waals surface area contributed by atoms with Crippen LogP contribution in [0.1, 0.15) is 30.9 Å². The summed E-state index contributed by atoms with van der Waals surface area (Å²) in [5.41, 5.74) is 2.17. The third kappa shape index (κ3) is 4.83. The molecule has 2 rings (SSSR count). The van der Waals surface area contributed by atoms with Gasteiger partial charge in [-0.15, -0.1) is 0 Å². The standard InChI is InChI=1S/C20H25NO3/c1-14(17-9-11-18(24-3)12-10-17)15(2)21-19(20(22)23)13-16-7-5-4-6-8-16/h4-12,14-15,19,21H,13H2,1-3H3,(H,22,23)/t14?,15?,19-/m0/s1. The first-order chi connectivity index (χ1) is 11.5. The number of benzene rings is 2. The summed E-state index contributed by atoms with van der Waals surface area (Å²) in [5.74, 6) is 0.181. The van der Waals surface area contributed by atoms with Crippen molar-refractivity contribution in [2.45, 2.75) is 38.3 Å². The van der Waals surface area contributed by atoms with E-state index in [4.69, 9.17) is 4.74 Å². The maximum atomic E-state index is 11.6. The highest BCUT2D eigenvalue weighted by Gasteiger charge is 2.23. The molecule has 2 N–H and O–H groups in total. The number of carboxylic acid groups (broad SMARTS) is 1. The summed E-state index contributed by atoms with van der Waals surface area (Å²) in [6.45, 7) is 4.12. The van der Waals surface area contributed by atoms with Gasteiger partial charge in [-0.25, -0.2) is 0 Å². The Morgan fingerprint density at radius 1 is 1.08 bits per heavy atom. The molecule has 0 aliphatic heterocycles. The molecule has 2 aromatic carbocycles. The van der Waals surface area contributed by atoms with Crippen LogP contribution in [-0.2, 0) is 11.2 Å². The molecule has 2 unspecified atom stereocenters. The summed E-state index contributed by atoms with van der Waals surface area (Å²) >= 11 is 0. The van der Waals surface area contributed by atoms with E-state index >= 15 is 0 Å². The van der Waals surface area contributed by atoms with Crippen molar-refractivity contribution in [3.63, 3.8) is 0 Å². The summed E-state index contributed by atoms with van der Waals surface area (Å²) in [6.07, 6.45) is 0.468. The monoisotopic (exact) mass is 327 g/mol. The van der Waals surface area contributed by atoms with Gasteiger partial charge in [0.1, 0.15) is 11.8 Å². The predicted molar refractivity (Wildman–Crippen MR) is 95.6 cm³/mol. The van der Waals surface area contributed by atoms with Crippen LogP contribution in [0.2, 0.25) is 0 Å². The zero-order valence-corrected chi connectivity index (χ0v) is 14.4. The van der Waals surface area contributed by atoms with Gasteiger partial charge in [-0.05, 0) is 42.5 Å². The zero-order valence-electron chi connectivity index (χ0n) is 14.4. The summed E-state index contributed by atoms with van der Waals surface area (Å²) in [4.78, 5) is 11.6. The van der Waals surface area contributed by atoms with Gasteiger partial charge in [0.25, 0.3) is 0 Å². The van der Waals surface area contributed by atoms with Gasteiger partial charge in [-0.3, -0.25) is 4.79 Å². The Morgan fingerprint density at radius 3 is 2.25 bits per heavy atom. The summed E-state index contributed by atoms with van der Waals surface area (Å²) in [7, 11) is 1.64. The molecule has 2 aromatic rings. The van der Waals surface area contributed by atoms with Gasteiger partial charge >= 0.3 is 5.97 Å². The third-order valence-corrected chi connectivity index (χ3v) is 4.44. The molecule has 128 valence electrons. The Balaban J connectivity index is 2.03. The molecule has 0 amide bonds. The van der Waals surface area contributed by atoms with E-state index in [1.165, 1.54) is 0 Å².